The molecule has 0 radical (unpaired) electrons. The van der Waals surface area contributed by atoms with Crippen molar-refractivity contribution in [1.82, 2.24) is 10.2 Å². The fourth-order valence-electron chi connectivity index (χ4n) is 1.58. The predicted octanol–water partition coefficient (Wildman–Crippen LogP) is 0.210. The summed E-state index contributed by atoms with van der Waals surface area (Å²) in [5.41, 5.74) is -0.436. The average molecular weight is 197 g/mol. The summed E-state index contributed by atoms with van der Waals surface area (Å²) >= 11 is 0. The molecule has 80 valence electrons. The molecule has 1 unspecified atom stereocenters. The zero-order valence-corrected chi connectivity index (χ0v) is 9.05. The van der Waals surface area contributed by atoms with Crippen molar-refractivity contribution < 1.29 is 4.74 Å². The molecule has 0 aromatic carbocycles. The summed E-state index contributed by atoms with van der Waals surface area (Å²) in [4.78, 5) is 2.10. The van der Waals surface area contributed by atoms with Crippen LogP contribution in [0.1, 0.15) is 12.8 Å². The molecule has 1 aliphatic rings. The van der Waals surface area contributed by atoms with Gasteiger partial charge in [-0.3, -0.25) is 5.32 Å². The molecule has 1 atom stereocenters. The lowest BCUT2D eigenvalue weighted by Gasteiger charge is -2.32. The van der Waals surface area contributed by atoms with E-state index in [-0.39, 0.29) is 0 Å². The van der Waals surface area contributed by atoms with Crippen LogP contribution < -0.4 is 5.32 Å². The smallest absolute Gasteiger partial charge is 0.130 e. The molecule has 1 N–H and O–H groups in total. The molecular weight excluding hydrogens is 178 g/mol. The highest BCUT2D eigenvalue weighted by Crippen LogP contribution is 2.17. The lowest BCUT2D eigenvalue weighted by molar-refractivity contribution is 0.0438. The second-order valence-corrected chi connectivity index (χ2v) is 4.08. The normalized spacial score (nSPS) is 27.6. The highest BCUT2D eigenvalue weighted by Gasteiger charge is 2.31. The molecule has 1 aliphatic heterocycles. The van der Waals surface area contributed by atoms with Gasteiger partial charge in [-0.2, -0.15) is 5.26 Å². The molecule has 1 heterocycles. The van der Waals surface area contributed by atoms with Gasteiger partial charge in [-0.1, -0.05) is 0 Å². The Morgan fingerprint density at radius 1 is 1.57 bits per heavy atom. The lowest BCUT2D eigenvalue weighted by atomic mass is 9.94. The van der Waals surface area contributed by atoms with Crippen LogP contribution in [0.5, 0.6) is 0 Å². The van der Waals surface area contributed by atoms with E-state index in [1.54, 1.807) is 0 Å². The van der Waals surface area contributed by atoms with Gasteiger partial charge in [0.25, 0.3) is 0 Å². The van der Waals surface area contributed by atoms with Crippen LogP contribution in [0.2, 0.25) is 0 Å². The van der Waals surface area contributed by atoms with E-state index in [9.17, 15) is 0 Å². The molecule has 4 heteroatoms. The van der Waals surface area contributed by atoms with Crippen LogP contribution in [0.4, 0.5) is 0 Å². The first-order valence-electron chi connectivity index (χ1n) is 5.07. The molecule has 0 aliphatic carbocycles. The van der Waals surface area contributed by atoms with E-state index in [1.165, 1.54) is 0 Å². The molecule has 0 spiro atoms. The summed E-state index contributed by atoms with van der Waals surface area (Å²) in [7, 11) is 4.05. The number of nitrogens with zero attached hydrogens (tertiary/aromatic N) is 2. The Bertz CT molecular complexity index is 204. The Kier molecular flexibility index (Phi) is 4.33. The fourth-order valence-corrected chi connectivity index (χ4v) is 1.58. The van der Waals surface area contributed by atoms with Gasteiger partial charge in [-0.25, -0.2) is 0 Å². The second kappa shape index (κ2) is 5.30. The Balaban J connectivity index is 2.34. The van der Waals surface area contributed by atoms with Crippen molar-refractivity contribution in [1.29, 1.82) is 5.26 Å². The first kappa shape index (κ1) is 11.4. The number of ether oxygens (including phenoxy) is 1. The SMILES string of the molecule is CN(C)CCNC1(C#N)CCCOC1. The quantitative estimate of drug-likeness (QED) is 0.700. The predicted molar refractivity (Wildman–Crippen MR) is 55.0 cm³/mol. The highest BCUT2D eigenvalue weighted by atomic mass is 16.5. The Morgan fingerprint density at radius 3 is 2.86 bits per heavy atom. The van der Waals surface area contributed by atoms with Gasteiger partial charge in [-0.15, -0.1) is 0 Å². The number of rotatable bonds is 4. The topological polar surface area (TPSA) is 48.3 Å². The van der Waals surface area contributed by atoms with Gasteiger partial charge >= 0.3 is 0 Å². The molecule has 0 aromatic heterocycles. The van der Waals surface area contributed by atoms with Crippen molar-refractivity contribution in [3.63, 3.8) is 0 Å². The van der Waals surface area contributed by atoms with E-state index in [2.05, 4.69) is 16.3 Å². The van der Waals surface area contributed by atoms with Gasteiger partial charge in [0.1, 0.15) is 5.54 Å². The highest BCUT2D eigenvalue weighted by molar-refractivity contribution is 5.08. The number of hydrogen-bond donors (Lipinski definition) is 1. The van der Waals surface area contributed by atoms with Gasteiger partial charge in [0.15, 0.2) is 0 Å². The van der Waals surface area contributed by atoms with E-state index < -0.39 is 5.54 Å². The molecule has 1 saturated heterocycles. The Hall–Kier alpha value is -0.630. The van der Waals surface area contributed by atoms with Crippen molar-refractivity contribution >= 4 is 0 Å². The lowest BCUT2D eigenvalue weighted by Crippen LogP contribution is -2.52. The molecular formula is C10H19N3O. The minimum atomic E-state index is -0.436. The third kappa shape index (κ3) is 3.26. The van der Waals surface area contributed by atoms with E-state index in [1.807, 2.05) is 14.1 Å². The van der Waals surface area contributed by atoms with Gasteiger partial charge in [0.05, 0.1) is 12.7 Å². The third-order valence-electron chi connectivity index (χ3n) is 2.48. The zero-order valence-electron chi connectivity index (χ0n) is 9.05. The number of hydrogen-bond acceptors (Lipinski definition) is 4. The first-order chi connectivity index (χ1) is 6.68. The summed E-state index contributed by atoms with van der Waals surface area (Å²) in [6.07, 6.45) is 1.87. The van der Waals surface area contributed by atoms with E-state index >= 15 is 0 Å². The number of nitrogens with one attached hydrogen (secondary N) is 1. The molecule has 0 aromatic rings. The summed E-state index contributed by atoms with van der Waals surface area (Å²) in [5, 5.41) is 12.4. The van der Waals surface area contributed by atoms with Crippen LogP contribution >= 0.6 is 0 Å². The van der Waals surface area contributed by atoms with Crippen LogP contribution in [0.3, 0.4) is 0 Å². The molecule has 1 fully saturated rings. The minimum Gasteiger partial charge on any atom is -0.378 e. The maximum absolute atomic E-state index is 9.10. The molecule has 0 amide bonds. The summed E-state index contributed by atoms with van der Waals surface area (Å²) < 4.78 is 5.34. The first-order valence-corrected chi connectivity index (χ1v) is 5.07. The largest absolute Gasteiger partial charge is 0.378 e. The molecule has 14 heavy (non-hydrogen) atoms. The van der Waals surface area contributed by atoms with Crippen LogP contribution in [0.25, 0.3) is 0 Å². The van der Waals surface area contributed by atoms with Crippen LogP contribution in [-0.2, 0) is 4.74 Å². The van der Waals surface area contributed by atoms with Crippen molar-refractivity contribution in [3.05, 3.63) is 0 Å². The molecule has 1 rings (SSSR count). The van der Waals surface area contributed by atoms with Gasteiger partial charge in [0.2, 0.25) is 0 Å². The van der Waals surface area contributed by atoms with Crippen LogP contribution in [-0.4, -0.2) is 50.8 Å². The van der Waals surface area contributed by atoms with Crippen molar-refractivity contribution in [2.75, 3.05) is 40.4 Å². The maximum Gasteiger partial charge on any atom is 0.130 e. The van der Waals surface area contributed by atoms with Crippen molar-refractivity contribution in [3.8, 4) is 6.07 Å². The van der Waals surface area contributed by atoms with Crippen molar-refractivity contribution in [2.45, 2.75) is 18.4 Å². The summed E-state index contributed by atoms with van der Waals surface area (Å²) in [5.74, 6) is 0. The third-order valence-corrected chi connectivity index (χ3v) is 2.48. The van der Waals surface area contributed by atoms with Crippen molar-refractivity contribution in [2.24, 2.45) is 0 Å². The van der Waals surface area contributed by atoms with E-state index in [4.69, 9.17) is 10.00 Å². The van der Waals surface area contributed by atoms with Gasteiger partial charge in [0, 0.05) is 19.7 Å². The summed E-state index contributed by atoms with van der Waals surface area (Å²) in [6.45, 7) is 3.10. The monoisotopic (exact) mass is 197 g/mol. The van der Waals surface area contributed by atoms with Gasteiger partial charge in [-0.05, 0) is 26.9 Å². The second-order valence-electron chi connectivity index (χ2n) is 4.08. The minimum absolute atomic E-state index is 0.436. The number of nitriles is 1. The molecule has 4 nitrogen and oxygen atoms in total. The Labute approximate surface area is 85.8 Å². The standard InChI is InChI=1S/C10H19N3O/c1-13(2)6-5-12-10(8-11)4-3-7-14-9-10/h12H,3-7,9H2,1-2H3. The van der Waals surface area contributed by atoms with Crippen LogP contribution in [0, 0.1) is 11.3 Å². The van der Waals surface area contributed by atoms with Gasteiger partial charge < -0.3 is 9.64 Å². The number of likely N-dealkylation sites (N-methyl/N-ethyl adjacent to an activating group) is 1. The fraction of sp³-hybridized carbons (Fsp3) is 0.900. The maximum atomic E-state index is 9.10. The Morgan fingerprint density at radius 2 is 2.36 bits per heavy atom. The molecule has 0 bridgehead atoms. The van der Waals surface area contributed by atoms with Crippen LogP contribution in [0.15, 0.2) is 0 Å². The average Bonchev–Trinajstić information content (AvgIpc) is 2.19. The van der Waals surface area contributed by atoms with E-state index in [0.29, 0.717) is 6.61 Å². The molecule has 0 saturated carbocycles. The summed E-state index contributed by atoms with van der Waals surface area (Å²) in [6, 6.07) is 2.34. The zero-order chi connectivity index (χ0) is 10.4. The van der Waals surface area contributed by atoms with E-state index in [0.717, 1.165) is 32.5 Å².